The zero-order valence-electron chi connectivity index (χ0n) is 7.99. The van der Waals surface area contributed by atoms with Crippen molar-refractivity contribution in [1.29, 1.82) is 0 Å². The summed E-state index contributed by atoms with van der Waals surface area (Å²) in [6, 6.07) is 3.73. The first kappa shape index (κ1) is 10.5. The number of hydrogen-bond acceptors (Lipinski definition) is 6. The van der Waals surface area contributed by atoms with E-state index >= 15 is 0 Å². The molecule has 6 heteroatoms. The first-order chi connectivity index (χ1) is 7.25. The van der Waals surface area contributed by atoms with Crippen LogP contribution in [0.3, 0.4) is 0 Å². The van der Waals surface area contributed by atoms with Gasteiger partial charge in [-0.1, -0.05) is 23.1 Å². The summed E-state index contributed by atoms with van der Waals surface area (Å²) in [5.41, 5.74) is 2.37. The average Bonchev–Trinajstić information content (AvgIpc) is 2.71. The highest BCUT2D eigenvalue weighted by Crippen LogP contribution is 2.28. The molecule has 0 aromatic carbocycles. The van der Waals surface area contributed by atoms with Crippen LogP contribution in [0.1, 0.15) is 18.7 Å². The van der Waals surface area contributed by atoms with Crippen molar-refractivity contribution >= 4 is 23.1 Å². The second kappa shape index (κ2) is 4.69. The molecule has 2 heterocycles. The second-order valence-corrected chi connectivity index (χ2v) is 5.06. The molecule has 0 saturated heterocycles. The molecule has 0 aliphatic heterocycles. The lowest BCUT2D eigenvalue weighted by Crippen LogP contribution is -1.94. The van der Waals surface area contributed by atoms with E-state index in [0.717, 1.165) is 9.24 Å². The van der Waals surface area contributed by atoms with Crippen molar-refractivity contribution in [3.05, 3.63) is 29.5 Å². The molecule has 2 aromatic heterocycles. The van der Waals surface area contributed by atoms with Crippen molar-refractivity contribution in [2.75, 3.05) is 0 Å². The number of aromatic nitrogens is 3. The van der Waals surface area contributed by atoms with E-state index in [1.165, 1.54) is 23.1 Å². The Bertz CT molecular complexity index is 413. The van der Waals surface area contributed by atoms with E-state index in [2.05, 4.69) is 15.2 Å². The fraction of sp³-hybridized carbons (Fsp3) is 0.222. The van der Waals surface area contributed by atoms with E-state index in [4.69, 9.17) is 0 Å². The Hall–Kier alpha value is -0.980. The van der Waals surface area contributed by atoms with Crippen LogP contribution in [-0.2, 0) is 0 Å². The van der Waals surface area contributed by atoms with Crippen molar-refractivity contribution in [2.45, 2.75) is 22.3 Å². The van der Waals surface area contributed by atoms with Gasteiger partial charge in [-0.25, -0.2) is 0 Å². The Morgan fingerprint density at radius 1 is 1.47 bits per heavy atom. The number of rotatable bonds is 3. The first-order valence-electron chi connectivity index (χ1n) is 4.34. The third-order valence-corrected chi connectivity index (χ3v) is 3.49. The standard InChI is InChI=1S/C9H9N3OS2/c1-6(13)8-3-2-7(4-10-8)15-9-12-11-5-14-9/h2-6,13H,1H3/t6-/m1/s1. The molecular weight excluding hydrogens is 230 g/mol. The molecular formula is C9H9N3OS2. The van der Waals surface area contributed by atoms with Gasteiger partial charge in [-0.15, -0.1) is 10.2 Å². The number of hydrogen-bond donors (Lipinski definition) is 1. The zero-order chi connectivity index (χ0) is 10.7. The topological polar surface area (TPSA) is 58.9 Å². The van der Waals surface area contributed by atoms with E-state index < -0.39 is 6.10 Å². The summed E-state index contributed by atoms with van der Waals surface area (Å²) in [6.07, 6.45) is 1.21. The molecule has 0 saturated carbocycles. The third kappa shape index (κ3) is 2.74. The molecule has 2 aromatic rings. The molecule has 0 spiro atoms. The van der Waals surface area contributed by atoms with Crippen LogP contribution >= 0.6 is 23.1 Å². The maximum Gasteiger partial charge on any atom is 0.178 e. The lowest BCUT2D eigenvalue weighted by molar-refractivity contribution is 0.194. The average molecular weight is 239 g/mol. The van der Waals surface area contributed by atoms with Gasteiger partial charge in [0.05, 0.1) is 11.8 Å². The summed E-state index contributed by atoms with van der Waals surface area (Å²) < 4.78 is 0.890. The minimum Gasteiger partial charge on any atom is -0.387 e. The van der Waals surface area contributed by atoms with Gasteiger partial charge in [0.25, 0.3) is 0 Å². The molecule has 0 fully saturated rings. The molecule has 4 nitrogen and oxygen atoms in total. The number of nitrogens with zero attached hydrogens (tertiary/aromatic N) is 3. The van der Waals surface area contributed by atoms with Gasteiger partial charge < -0.3 is 5.11 Å². The predicted octanol–water partition coefficient (Wildman–Crippen LogP) is 2.14. The Kier molecular flexibility index (Phi) is 3.30. The number of aliphatic hydroxyl groups is 1. The van der Waals surface area contributed by atoms with Gasteiger partial charge in [0.15, 0.2) is 4.34 Å². The quantitative estimate of drug-likeness (QED) is 0.889. The lowest BCUT2D eigenvalue weighted by Gasteiger charge is -2.03. The minimum atomic E-state index is -0.523. The van der Waals surface area contributed by atoms with Gasteiger partial charge in [-0.3, -0.25) is 4.98 Å². The summed E-state index contributed by atoms with van der Waals surface area (Å²) >= 11 is 3.01. The maximum absolute atomic E-state index is 9.28. The van der Waals surface area contributed by atoms with E-state index in [0.29, 0.717) is 5.69 Å². The van der Waals surface area contributed by atoms with Gasteiger partial charge in [-0.05, 0) is 19.1 Å². The maximum atomic E-state index is 9.28. The van der Waals surface area contributed by atoms with Crippen molar-refractivity contribution in [2.24, 2.45) is 0 Å². The molecule has 0 bridgehead atoms. The highest BCUT2D eigenvalue weighted by Gasteiger charge is 2.04. The highest BCUT2D eigenvalue weighted by molar-refractivity contribution is 8.01. The summed E-state index contributed by atoms with van der Waals surface area (Å²) in [5.74, 6) is 0. The SMILES string of the molecule is C[C@@H](O)c1ccc(Sc2nncs2)cn1. The molecule has 0 aliphatic carbocycles. The van der Waals surface area contributed by atoms with Crippen molar-refractivity contribution in [1.82, 2.24) is 15.2 Å². The Morgan fingerprint density at radius 2 is 2.33 bits per heavy atom. The molecule has 1 atom stereocenters. The first-order valence-corrected chi connectivity index (χ1v) is 6.03. The van der Waals surface area contributed by atoms with Crippen LogP contribution in [0, 0.1) is 0 Å². The molecule has 0 unspecified atom stereocenters. The van der Waals surface area contributed by atoms with E-state index in [-0.39, 0.29) is 0 Å². The van der Waals surface area contributed by atoms with Crippen LogP contribution in [0.2, 0.25) is 0 Å². The second-order valence-electron chi connectivity index (χ2n) is 2.90. The van der Waals surface area contributed by atoms with Crippen molar-refractivity contribution in [3.63, 3.8) is 0 Å². The minimum absolute atomic E-state index is 0.523. The fourth-order valence-corrected chi connectivity index (χ4v) is 2.43. The van der Waals surface area contributed by atoms with E-state index in [1.54, 1.807) is 18.6 Å². The van der Waals surface area contributed by atoms with Crippen LogP contribution in [0.25, 0.3) is 0 Å². The Labute approximate surface area is 95.4 Å². The summed E-state index contributed by atoms with van der Waals surface area (Å²) in [4.78, 5) is 5.14. The summed E-state index contributed by atoms with van der Waals surface area (Å²) in [6.45, 7) is 1.69. The predicted molar refractivity (Wildman–Crippen MR) is 58.9 cm³/mol. The van der Waals surface area contributed by atoms with E-state index in [9.17, 15) is 5.11 Å². The summed E-state index contributed by atoms with van der Waals surface area (Å²) in [7, 11) is 0. The van der Waals surface area contributed by atoms with Crippen LogP contribution in [0.4, 0.5) is 0 Å². The molecule has 0 amide bonds. The Morgan fingerprint density at radius 3 is 2.87 bits per heavy atom. The van der Waals surface area contributed by atoms with Crippen molar-refractivity contribution < 1.29 is 5.11 Å². The monoisotopic (exact) mass is 239 g/mol. The fourth-order valence-electron chi connectivity index (χ4n) is 1.01. The molecule has 78 valence electrons. The van der Waals surface area contributed by atoms with Gasteiger partial charge in [-0.2, -0.15) is 0 Å². The molecule has 1 N–H and O–H groups in total. The molecule has 2 rings (SSSR count). The zero-order valence-corrected chi connectivity index (χ0v) is 9.63. The lowest BCUT2D eigenvalue weighted by atomic mass is 10.2. The highest BCUT2D eigenvalue weighted by atomic mass is 32.2. The van der Waals surface area contributed by atoms with Crippen LogP contribution in [-0.4, -0.2) is 20.3 Å². The smallest absolute Gasteiger partial charge is 0.178 e. The van der Waals surface area contributed by atoms with Gasteiger partial charge in [0.2, 0.25) is 0 Å². The van der Waals surface area contributed by atoms with Gasteiger partial charge in [0.1, 0.15) is 5.51 Å². The number of aliphatic hydroxyl groups excluding tert-OH is 1. The van der Waals surface area contributed by atoms with Crippen LogP contribution in [0.5, 0.6) is 0 Å². The third-order valence-electron chi connectivity index (χ3n) is 1.73. The largest absolute Gasteiger partial charge is 0.387 e. The Balaban J connectivity index is 2.11. The van der Waals surface area contributed by atoms with Gasteiger partial charge in [0, 0.05) is 11.1 Å². The van der Waals surface area contributed by atoms with Crippen molar-refractivity contribution in [3.8, 4) is 0 Å². The molecule has 0 radical (unpaired) electrons. The summed E-state index contributed by atoms with van der Waals surface area (Å²) in [5, 5.41) is 17.0. The molecule has 15 heavy (non-hydrogen) atoms. The number of pyridine rings is 1. The van der Waals surface area contributed by atoms with E-state index in [1.807, 2.05) is 12.1 Å². The van der Waals surface area contributed by atoms with Crippen LogP contribution in [0.15, 0.2) is 33.1 Å². The van der Waals surface area contributed by atoms with Gasteiger partial charge >= 0.3 is 0 Å². The normalized spacial score (nSPS) is 12.7. The van der Waals surface area contributed by atoms with Crippen LogP contribution < -0.4 is 0 Å². The molecule has 0 aliphatic rings.